The zero-order chi connectivity index (χ0) is 20.4. The quantitative estimate of drug-likeness (QED) is 0.267. The Kier molecular flexibility index (Phi) is 5.18. The first-order chi connectivity index (χ1) is 13.4. The number of ketones is 1. The van der Waals surface area contributed by atoms with Gasteiger partial charge in [0.15, 0.2) is 0 Å². The van der Waals surface area contributed by atoms with Crippen LogP contribution in [0, 0.1) is 15.9 Å². The van der Waals surface area contributed by atoms with Crippen LogP contribution < -0.4 is 0 Å². The van der Waals surface area contributed by atoms with Crippen molar-refractivity contribution in [2.45, 2.75) is 6.04 Å². The first-order valence-electron chi connectivity index (χ1n) is 8.25. The number of carbonyl (C=O) groups excluding carboxylic acids is 2. The van der Waals surface area contributed by atoms with E-state index in [1.165, 1.54) is 30.3 Å². The predicted molar refractivity (Wildman–Crippen MR) is 95.6 cm³/mol. The zero-order valence-corrected chi connectivity index (χ0v) is 14.4. The van der Waals surface area contributed by atoms with Gasteiger partial charge in [0.25, 0.3) is 17.4 Å². The molecule has 0 bridgehead atoms. The Bertz CT molecular complexity index is 986. The van der Waals surface area contributed by atoms with E-state index in [2.05, 4.69) is 0 Å². The summed E-state index contributed by atoms with van der Waals surface area (Å²) < 4.78 is 14.4. The molecule has 0 radical (unpaired) electrons. The minimum atomic E-state index is -1.23. The van der Waals surface area contributed by atoms with E-state index >= 15 is 0 Å². The molecule has 3 rings (SSSR count). The van der Waals surface area contributed by atoms with E-state index in [0.717, 1.165) is 23.1 Å². The smallest absolute Gasteiger partial charge is 0.295 e. The van der Waals surface area contributed by atoms with Gasteiger partial charge in [-0.05, 0) is 18.2 Å². The summed E-state index contributed by atoms with van der Waals surface area (Å²) in [5.74, 6) is -3.28. The summed E-state index contributed by atoms with van der Waals surface area (Å²) in [7, 11) is 0. The van der Waals surface area contributed by atoms with Gasteiger partial charge in [0.2, 0.25) is 0 Å². The maximum atomic E-state index is 14.4. The Hall–Kier alpha value is -3.59. The standard InChI is InChI=1S/C19H15FN2O6/c20-14-4-2-1-3-13(14)16-15(18(25)19(26)21(16)9-10-23)17(24)11-5-7-12(8-6-11)22(27)28/h1-8,16,23-24H,9-10H2/b17-15+/t16-/m1/s1. The second-order valence-corrected chi connectivity index (χ2v) is 6.04. The molecule has 1 heterocycles. The molecule has 0 unspecified atom stereocenters. The zero-order valence-electron chi connectivity index (χ0n) is 14.4. The highest BCUT2D eigenvalue weighted by molar-refractivity contribution is 6.46. The van der Waals surface area contributed by atoms with E-state index in [-0.39, 0.29) is 28.9 Å². The lowest BCUT2D eigenvalue weighted by Crippen LogP contribution is -2.32. The van der Waals surface area contributed by atoms with Crippen LogP contribution in [0.15, 0.2) is 54.1 Å². The second-order valence-electron chi connectivity index (χ2n) is 6.04. The van der Waals surface area contributed by atoms with Crippen LogP contribution in [-0.4, -0.2) is 44.9 Å². The molecule has 1 saturated heterocycles. The minimum Gasteiger partial charge on any atom is -0.507 e. The molecule has 1 amide bonds. The number of β-amino-alcohol motifs (C(OH)–C–C–N with tert-alkyl or cyclic N) is 1. The third kappa shape index (κ3) is 3.23. The van der Waals surface area contributed by atoms with Gasteiger partial charge in [-0.2, -0.15) is 0 Å². The molecule has 9 heteroatoms. The number of benzene rings is 2. The first-order valence-corrected chi connectivity index (χ1v) is 8.25. The van der Waals surface area contributed by atoms with E-state index in [4.69, 9.17) is 0 Å². The van der Waals surface area contributed by atoms with Crippen molar-refractivity contribution in [1.82, 2.24) is 4.90 Å². The molecule has 1 aliphatic heterocycles. The van der Waals surface area contributed by atoms with Gasteiger partial charge in [0.05, 0.1) is 23.1 Å². The number of aliphatic hydroxyl groups is 2. The van der Waals surface area contributed by atoms with Crippen LogP contribution in [0.4, 0.5) is 10.1 Å². The number of hydrogen-bond acceptors (Lipinski definition) is 6. The highest BCUT2D eigenvalue weighted by Crippen LogP contribution is 2.40. The van der Waals surface area contributed by atoms with Crippen molar-refractivity contribution in [3.8, 4) is 0 Å². The molecule has 2 N–H and O–H groups in total. The Balaban J connectivity index is 2.18. The molecule has 0 aliphatic carbocycles. The van der Waals surface area contributed by atoms with Crippen molar-refractivity contribution in [1.29, 1.82) is 0 Å². The number of likely N-dealkylation sites (tertiary alicyclic amines) is 1. The van der Waals surface area contributed by atoms with Crippen LogP contribution in [0.25, 0.3) is 5.76 Å². The predicted octanol–water partition coefficient (Wildman–Crippen LogP) is 2.15. The Morgan fingerprint density at radius 2 is 1.79 bits per heavy atom. The summed E-state index contributed by atoms with van der Waals surface area (Å²) in [6, 6.07) is 8.98. The Morgan fingerprint density at radius 3 is 2.36 bits per heavy atom. The number of amides is 1. The van der Waals surface area contributed by atoms with Crippen molar-refractivity contribution in [3.63, 3.8) is 0 Å². The number of hydrogen-bond donors (Lipinski definition) is 2. The van der Waals surface area contributed by atoms with Gasteiger partial charge >= 0.3 is 0 Å². The molecule has 8 nitrogen and oxygen atoms in total. The lowest BCUT2D eigenvalue weighted by Gasteiger charge is -2.24. The number of nitro groups is 1. The highest BCUT2D eigenvalue weighted by atomic mass is 19.1. The van der Waals surface area contributed by atoms with Gasteiger partial charge in [-0.25, -0.2) is 4.39 Å². The molecule has 0 saturated carbocycles. The lowest BCUT2D eigenvalue weighted by molar-refractivity contribution is -0.384. The summed E-state index contributed by atoms with van der Waals surface area (Å²) in [5.41, 5.74) is -0.520. The maximum Gasteiger partial charge on any atom is 0.295 e. The van der Waals surface area contributed by atoms with E-state index in [1.54, 1.807) is 0 Å². The average Bonchev–Trinajstić information content (AvgIpc) is 2.93. The fourth-order valence-corrected chi connectivity index (χ4v) is 3.14. The number of halogens is 1. The van der Waals surface area contributed by atoms with Gasteiger partial charge in [-0.15, -0.1) is 0 Å². The number of carbonyl (C=O) groups is 2. The van der Waals surface area contributed by atoms with Crippen molar-refractivity contribution in [3.05, 3.63) is 81.2 Å². The number of non-ortho nitro benzene ring substituents is 1. The number of Topliss-reactive ketones (excluding diaryl/α,β-unsaturated/α-hetero) is 1. The summed E-state index contributed by atoms with van der Waals surface area (Å²) in [4.78, 5) is 36.1. The Labute approximate surface area is 158 Å². The van der Waals surface area contributed by atoms with Crippen molar-refractivity contribution >= 4 is 23.1 Å². The maximum absolute atomic E-state index is 14.4. The molecule has 144 valence electrons. The summed E-state index contributed by atoms with van der Waals surface area (Å²) in [6.45, 7) is -0.698. The van der Waals surface area contributed by atoms with E-state index in [1.807, 2.05) is 0 Å². The van der Waals surface area contributed by atoms with Crippen LogP contribution >= 0.6 is 0 Å². The van der Waals surface area contributed by atoms with E-state index in [9.17, 15) is 34.3 Å². The SMILES string of the molecule is O=C1C(=O)N(CCO)[C@H](c2ccccc2F)/C1=C(\O)c1ccc([N+](=O)[O-])cc1. The normalized spacial score (nSPS) is 18.5. The molecule has 1 atom stereocenters. The number of nitro benzene ring substituents is 1. The first kappa shape index (κ1) is 19.2. The van der Waals surface area contributed by atoms with Crippen LogP contribution in [-0.2, 0) is 9.59 Å². The molecule has 2 aromatic carbocycles. The van der Waals surface area contributed by atoms with Crippen molar-refractivity contribution < 1.29 is 29.1 Å². The molecule has 0 spiro atoms. The minimum absolute atomic E-state index is 0.0152. The Morgan fingerprint density at radius 1 is 1.14 bits per heavy atom. The van der Waals surface area contributed by atoms with Crippen LogP contribution in [0.3, 0.4) is 0 Å². The number of aliphatic hydroxyl groups excluding tert-OH is 2. The summed E-state index contributed by atoms with van der Waals surface area (Å²) in [5, 5.41) is 30.7. The van der Waals surface area contributed by atoms with E-state index in [0.29, 0.717) is 0 Å². The molecule has 1 fully saturated rings. The molecule has 0 aromatic heterocycles. The molecule has 1 aliphatic rings. The van der Waals surface area contributed by atoms with Crippen LogP contribution in [0.5, 0.6) is 0 Å². The second kappa shape index (κ2) is 7.57. The summed E-state index contributed by atoms with van der Waals surface area (Å²) >= 11 is 0. The van der Waals surface area contributed by atoms with Crippen LogP contribution in [0.1, 0.15) is 17.2 Å². The van der Waals surface area contributed by atoms with E-state index < -0.39 is 40.8 Å². The number of nitrogens with zero attached hydrogens (tertiary/aromatic N) is 2. The van der Waals surface area contributed by atoms with Crippen LogP contribution in [0.2, 0.25) is 0 Å². The van der Waals surface area contributed by atoms with Gasteiger partial charge < -0.3 is 15.1 Å². The third-order valence-electron chi connectivity index (χ3n) is 4.43. The molecular formula is C19H15FN2O6. The monoisotopic (exact) mass is 386 g/mol. The lowest BCUT2D eigenvalue weighted by atomic mass is 9.95. The van der Waals surface area contributed by atoms with Gasteiger partial charge in [-0.1, -0.05) is 18.2 Å². The van der Waals surface area contributed by atoms with Gasteiger partial charge in [0.1, 0.15) is 11.6 Å². The molecule has 2 aromatic rings. The average molecular weight is 386 g/mol. The van der Waals surface area contributed by atoms with Crippen molar-refractivity contribution in [2.75, 3.05) is 13.2 Å². The van der Waals surface area contributed by atoms with Gasteiger partial charge in [0, 0.05) is 29.8 Å². The third-order valence-corrected chi connectivity index (χ3v) is 4.43. The van der Waals surface area contributed by atoms with Gasteiger partial charge in [-0.3, -0.25) is 19.7 Å². The fourth-order valence-electron chi connectivity index (χ4n) is 3.14. The summed E-state index contributed by atoms with van der Waals surface area (Å²) in [6.07, 6.45) is 0. The largest absolute Gasteiger partial charge is 0.507 e. The fraction of sp³-hybridized carbons (Fsp3) is 0.158. The highest BCUT2D eigenvalue weighted by Gasteiger charge is 2.46. The van der Waals surface area contributed by atoms with Crippen molar-refractivity contribution in [2.24, 2.45) is 0 Å². The molecule has 28 heavy (non-hydrogen) atoms. The topological polar surface area (TPSA) is 121 Å². The molecular weight excluding hydrogens is 371 g/mol. The number of rotatable bonds is 5.